The summed E-state index contributed by atoms with van der Waals surface area (Å²) in [5.41, 5.74) is 2.14. The van der Waals surface area contributed by atoms with Crippen LogP contribution in [0.4, 0.5) is 5.69 Å². The molecule has 4 nitrogen and oxygen atoms in total. The van der Waals surface area contributed by atoms with Gasteiger partial charge in [-0.25, -0.2) is 0 Å². The van der Waals surface area contributed by atoms with E-state index in [0.29, 0.717) is 22.0 Å². The monoisotopic (exact) mass is 303 g/mol. The van der Waals surface area contributed by atoms with E-state index < -0.39 is 0 Å². The van der Waals surface area contributed by atoms with E-state index in [-0.39, 0.29) is 12.5 Å². The third kappa shape index (κ3) is 4.33. The van der Waals surface area contributed by atoms with Crippen molar-refractivity contribution in [2.75, 3.05) is 11.9 Å². The molecule has 0 fully saturated rings. The molecule has 0 unspecified atom stereocenters. The molecule has 0 bridgehead atoms. The Kier molecular flexibility index (Phi) is 4.95. The molecule has 0 aliphatic carbocycles. The maximum Gasteiger partial charge on any atom is 0.262 e. The van der Waals surface area contributed by atoms with E-state index in [1.165, 1.54) is 0 Å². The summed E-state index contributed by atoms with van der Waals surface area (Å²) >= 11 is 5.89. The molecule has 108 valence electrons. The summed E-state index contributed by atoms with van der Waals surface area (Å²) < 4.78 is 5.35. The fraction of sp³-hybridized carbons (Fsp3) is 0.125. The Hall–Kier alpha value is -2.33. The van der Waals surface area contributed by atoms with Crippen LogP contribution < -0.4 is 10.1 Å². The van der Waals surface area contributed by atoms with Gasteiger partial charge in [-0.2, -0.15) is 0 Å². The predicted molar refractivity (Wildman–Crippen MR) is 82.1 cm³/mol. The minimum absolute atomic E-state index is 0.119. The van der Waals surface area contributed by atoms with Crippen LogP contribution in [0.25, 0.3) is 0 Å². The zero-order chi connectivity index (χ0) is 15.2. The number of carbonyl (C=O) groups is 2. The maximum atomic E-state index is 11.8. The maximum absolute atomic E-state index is 11.8. The van der Waals surface area contributed by atoms with Crippen molar-refractivity contribution in [2.24, 2.45) is 0 Å². The second-order valence-corrected chi connectivity index (χ2v) is 4.92. The number of rotatable bonds is 5. The van der Waals surface area contributed by atoms with Crippen LogP contribution in [-0.4, -0.2) is 18.8 Å². The highest BCUT2D eigenvalue weighted by atomic mass is 35.5. The Bertz CT molecular complexity index is 653. The van der Waals surface area contributed by atoms with Gasteiger partial charge >= 0.3 is 0 Å². The molecular formula is C16H14ClNO3. The average Bonchev–Trinajstić information content (AvgIpc) is 2.49. The SMILES string of the molecule is Cc1ccc(Cl)cc1NC(=O)COc1ccc(C=O)cc1. The lowest BCUT2D eigenvalue weighted by molar-refractivity contribution is -0.118. The standard InChI is InChI=1S/C16H14ClNO3/c1-11-2-5-13(17)8-15(11)18-16(20)10-21-14-6-3-12(9-19)4-7-14/h2-9H,10H2,1H3,(H,18,20). The summed E-state index contributed by atoms with van der Waals surface area (Å²) in [5.74, 6) is 0.249. The van der Waals surface area contributed by atoms with Gasteiger partial charge in [-0.3, -0.25) is 9.59 Å². The molecule has 2 rings (SSSR count). The van der Waals surface area contributed by atoms with Gasteiger partial charge in [0.1, 0.15) is 12.0 Å². The fourth-order valence-electron chi connectivity index (χ4n) is 1.71. The number of ether oxygens (including phenoxy) is 1. The Morgan fingerprint density at radius 3 is 2.62 bits per heavy atom. The lowest BCUT2D eigenvalue weighted by atomic mass is 10.2. The van der Waals surface area contributed by atoms with Gasteiger partial charge in [0.2, 0.25) is 0 Å². The van der Waals surface area contributed by atoms with Gasteiger partial charge in [0.15, 0.2) is 6.61 Å². The minimum atomic E-state index is -0.278. The van der Waals surface area contributed by atoms with Crippen LogP contribution >= 0.6 is 11.6 Å². The molecule has 0 atom stereocenters. The Morgan fingerprint density at radius 2 is 1.95 bits per heavy atom. The molecule has 0 saturated carbocycles. The summed E-state index contributed by atoms with van der Waals surface area (Å²) in [6.45, 7) is 1.76. The minimum Gasteiger partial charge on any atom is -0.484 e. The number of carbonyl (C=O) groups excluding carboxylic acids is 2. The number of aldehydes is 1. The van der Waals surface area contributed by atoms with E-state index in [4.69, 9.17) is 16.3 Å². The quantitative estimate of drug-likeness (QED) is 0.860. The van der Waals surface area contributed by atoms with Crippen molar-refractivity contribution in [3.05, 3.63) is 58.6 Å². The topological polar surface area (TPSA) is 55.4 Å². The van der Waals surface area contributed by atoms with E-state index >= 15 is 0 Å². The van der Waals surface area contributed by atoms with Gasteiger partial charge in [0, 0.05) is 16.3 Å². The van der Waals surface area contributed by atoms with Crippen LogP contribution in [0.1, 0.15) is 15.9 Å². The van der Waals surface area contributed by atoms with Crippen molar-refractivity contribution < 1.29 is 14.3 Å². The zero-order valence-electron chi connectivity index (χ0n) is 11.4. The summed E-state index contributed by atoms with van der Waals surface area (Å²) in [6.07, 6.45) is 0.748. The van der Waals surface area contributed by atoms with Gasteiger partial charge in [-0.15, -0.1) is 0 Å². The molecule has 1 N–H and O–H groups in total. The highest BCUT2D eigenvalue weighted by Gasteiger charge is 2.06. The molecular weight excluding hydrogens is 290 g/mol. The molecule has 0 spiro atoms. The first-order valence-electron chi connectivity index (χ1n) is 6.32. The molecule has 0 heterocycles. The van der Waals surface area contributed by atoms with Gasteiger partial charge in [0.25, 0.3) is 5.91 Å². The van der Waals surface area contributed by atoms with Crippen molar-refractivity contribution in [1.82, 2.24) is 0 Å². The van der Waals surface area contributed by atoms with Crippen LogP contribution in [0.5, 0.6) is 5.75 Å². The average molecular weight is 304 g/mol. The number of benzene rings is 2. The van der Waals surface area contributed by atoms with Crippen molar-refractivity contribution >= 4 is 29.5 Å². The molecule has 21 heavy (non-hydrogen) atoms. The molecule has 0 saturated heterocycles. The largest absolute Gasteiger partial charge is 0.484 e. The predicted octanol–water partition coefficient (Wildman–Crippen LogP) is 3.48. The van der Waals surface area contributed by atoms with E-state index in [0.717, 1.165) is 11.8 Å². The van der Waals surface area contributed by atoms with Crippen LogP contribution in [0.3, 0.4) is 0 Å². The Morgan fingerprint density at radius 1 is 1.24 bits per heavy atom. The van der Waals surface area contributed by atoms with Crippen molar-refractivity contribution in [3.63, 3.8) is 0 Å². The Balaban J connectivity index is 1.92. The van der Waals surface area contributed by atoms with Crippen LogP contribution in [0.2, 0.25) is 5.02 Å². The summed E-state index contributed by atoms with van der Waals surface area (Å²) in [4.78, 5) is 22.4. The molecule has 1 amide bonds. The summed E-state index contributed by atoms with van der Waals surface area (Å²) in [7, 11) is 0. The van der Waals surface area contributed by atoms with Gasteiger partial charge in [-0.05, 0) is 48.9 Å². The first-order chi connectivity index (χ1) is 10.1. The van der Waals surface area contributed by atoms with Crippen molar-refractivity contribution in [3.8, 4) is 5.75 Å². The van der Waals surface area contributed by atoms with E-state index in [9.17, 15) is 9.59 Å². The molecule has 0 radical (unpaired) electrons. The number of aryl methyl sites for hydroxylation is 1. The second-order valence-electron chi connectivity index (χ2n) is 4.48. The number of nitrogens with one attached hydrogen (secondary N) is 1. The lowest BCUT2D eigenvalue weighted by Gasteiger charge is -2.10. The number of anilines is 1. The number of hydrogen-bond donors (Lipinski definition) is 1. The van der Waals surface area contributed by atoms with E-state index in [2.05, 4.69) is 5.32 Å². The smallest absolute Gasteiger partial charge is 0.262 e. The third-order valence-corrected chi connectivity index (χ3v) is 3.09. The van der Waals surface area contributed by atoms with E-state index in [1.807, 2.05) is 13.0 Å². The molecule has 0 aliphatic heterocycles. The molecule has 0 aliphatic rings. The van der Waals surface area contributed by atoms with Crippen LogP contribution in [0.15, 0.2) is 42.5 Å². The van der Waals surface area contributed by atoms with Gasteiger partial charge < -0.3 is 10.1 Å². The third-order valence-electron chi connectivity index (χ3n) is 2.86. The molecule has 0 aromatic heterocycles. The van der Waals surface area contributed by atoms with Crippen LogP contribution in [-0.2, 0) is 4.79 Å². The molecule has 2 aromatic rings. The van der Waals surface area contributed by atoms with Crippen LogP contribution in [0, 0.1) is 6.92 Å². The number of amides is 1. The van der Waals surface area contributed by atoms with E-state index in [1.54, 1.807) is 36.4 Å². The summed E-state index contributed by atoms with van der Waals surface area (Å²) in [6, 6.07) is 11.8. The number of halogens is 1. The van der Waals surface area contributed by atoms with Gasteiger partial charge in [-0.1, -0.05) is 17.7 Å². The second kappa shape index (κ2) is 6.90. The Labute approximate surface area is 127 Å². The summed E-state index contributed by atoms with van der Waals surface area (Å²) in [5, 5.41) is 3.30. The van der Waals surface area contributed by atoms with Crippen molar-refractivity contribution in [2.45, 2.75) is 6.92 Å². The first-order valence-corrected chi connectivity index (χ1v) is 6.70. The van der Waals surface area contributed by atoms with Gasteiger partial charge in [0.05, 0.1) is 0 Å². The first kappa shape index (κ1) is 15.1. The highest BCUT2D eigenvalue weighted by molar-refractivity contribution is 6.31. The lowest BCUT2D eigenvalue weighted by Crippen LogP contribution is -2.20. The molecule has 2 aromatic carbocycles. The number of hydrogen-bond acceptors (Lipinski definition) is 3. The normalized spacial score (nSPS) is 10.0. The highest BCUT2D eigenvalue weighted by Crippen LogP contribution is 2.20. The fourth-order valence-corrected chi connectivity index (χ4v) is 1.88. The zero-order valence-corrected chi connectivity index (χ0v) is 12.2. The molecule has 5 heteroatoms. The van der Waals surface area contributed by atoms with Crippen molar-refractivity contribution in [1.29, 1.82) is 0 Å².